The van der Waals surface area contributed by atoms with Crippen molar-refractivity contribution in [2.75, 3.05) is 10.6 Å². The van der Waals surface area contributed by atoms with Gasteiger partial charge in [0, 0.05) is 23.1 Å². The number of anilines is 3. The minimum absolute atomic E-state index is 0.0390. The molecule has 0 atom stereocenters. The number of amides is 1. The van der Waals surface area contributed by atoms with Gasteiger partial charge >= 0.3 is 0 Å². The molecule has 1 amide bonds. The molecule has 27 heavy (non-hydrogen) atoms. The smallest absolute Gasteiger partial charge is 0.257 e. The predicted molar refractivity (Wildman–Crippen MR) is 103 cm³/mol. The van der Waals surface area contributed by atoms with Crippen LogP contribution in [0.5, 0.6) is 0 Å². The predicted octanol–water partition coefficient (Wildman–Crippen LogP) is 5.07. The summed E-state index contributed by atoms with van der Waals surface area (Å²) >= 11 is 5.72. The summed E-state index contributed by atoms with van der Waals surface area (Å²) in [6.45, 7) is 1.49. The van der Waals surface area contributed by atoms with E-state index < -0.39 is 11.7 Å². The first-order chi connectivity index (χ1) is 12.9. The SMILES string of the molecule is CC(=O)c1cccc(Nc2cncc(C(=O)Nc3ccc(F)c(Cl)c3)c2)c1. The molecule has 0 aliphatic carbocycles. The van der Waals surface area contributed by atoms with Gasteiger partial charge in [0.1, 0.15) is 5.82 Å². The molecule has 3 aromatic rings. The van der Waals surface area contributed by atoms with Crippen molar-refractivity contribution in [1.29, 1.82) is 0 Å². The first-order valence-electron chi connectivity index (χ1n) is 8.02. The lowest BCUT2D eigenvalue weighted by atomic mass is 10.1. The van der Waals surface area contributed by atoms with Gasteiger partial charge in [-0.15, -0.1) is 0 Å². The molecule has 7 heteroatoms. The first kappa shape index (κ1) is 18.5. The summed E-state index contributed by atoms with van der Waals surface area (Å²) in [6, 6.07) is 12.6. The lowest BCUT2D eigenvalue weighted by Crippen LogP contribution is -2.12. The quantitative estimate of drug-likeness (QED) is 0.603. The Morgan fingerprint density at radius 1 is 0.963 bits per heavy atom. The second kappa shape index (κ2) is 7.97. The largest absolute Gasteiger partial charge is 0.354 e. The van der Waals surface area contributed by atoms with E-state index in [0.717, 1.165) is 0 Å². The van der Waals surface area contributed by atoms with E-state index in [1.807, 2.05) is 0 Å². The van der Waals surface area contributed by atoms with E-state index in [0.29, 0.717) is 28.2 Å². The topological polar surface area (TPSA) is 71.1 Å². The van der Waals surface area contributed by atoms with Crippen LogP contribution in [0.2, 0.25) is 5.02 Å². The lowest BCUT2D eigenvalue weighted by molar-refractivity contribution is 0.101. The van der Waals surface area contributed by atoms with Crippen LogP contribution >= 0.6 is 11.6 Å². The molecule has 1 heterocycles. The number of benzene rings is 2. The number of Topliss-reactive ketones (excluding diaryl/α,β-unsaturated/α-hetero) is 1. The molecular formula is C20H15ClFN3O2. The van der Waals surface area contributed by atoms with Crippen LogP contribution in [0, 0.1) is 5.82 Å². The Labute approximate surface area is 160 Å². The van der Waals surface area contributed by atoms with Crippen LogP contribution in [0.4, 0.5) is 21.5 Å². The Morgan fingerprint density at radius 3 is 2.48 bits per heavy atom. The summed E-state index contributed by atoms with van der Waals surface area (Å²) < 4.78 is 13.2. The van der Waals surface area contributed by atoms with Crippen LogP contribution in [0.15, 0.2) is 60.9 Å². The number of nitrogens with one attached hydrogen (secondary N) is 2. The number of hydrogen-bond donors (Lipinski definition) is 2. The number of hydrogen-bond acceptors (Lipinski definition) is 4. The molecule has 1 aromatic heterocycles. The van der Waals surface area contributed by atoms with Crippen molar-refractivity contribution < 1.29 is 14.0 Å². The standard InChI is InChI=1S/C20H15ClFN3O2/c1-12(26)13-3-2-4-15(7-13)24-17-8-14(10-23-11-17)20(27)25-16-5-6-19(22)18(21)9-16/h2-11,24H,1H3,(H,25,27). The average Bonchev–Trinajstić information content (AvgIpc) is 2.65. The van der Waals surface area contributed by atoms with Crippen molar-refractivity contribution in [3.8, 4) is 0 Å². The summed E-state index contributed by atoms with van der Waals surface area (Å²) in [5.74, 6) is -1.01. The minimum atomic E-state index is -0.560. The fourth-order valence-electron chi connectivity index (χ4n) is 2.39. The number of carbonyl (C=O) groups excluding carboxylic acids is 2. The van der Waals surface area contributed by atoms with Crippen molar-refractivity contribution in [1.82, 2.24) is 4.98 Å². The van der Waals surface area contributed by atoms with Gasteiger partial charge in [0.25, 0.3) is 5.91 Å². The number of nitrogens with zero attached hydrogens (tertiary/aromatic N) is 1. The maximum Gasteiger partial charge on any atom is 0.257 e. The normalized spacial score (nSPS) is 10.3. The third-order valence-corrected chi connectivity index (χ3v) is 4.03. The van der Waals surface area contributed by atoms with E-state index in [1.165, 1.54) is 31.3 Å². The molecule has 0 aliphatic heterocycles. The van der Waals surface area contributed by atoms with E-state index in [1.54, 1.807) is 36.5 Å². The van der Waals surface area contributed by atoms with Gasteiger partial charge in [-0.05, 0) is 43.3 Å². The molecule has 0 unspecified atom stereocenters. The minimum Gasteiger partial charge on any atom is -0.354 e. The molecule has 136 valence electrons. The van der Waals surface area contributed by atoms with E-state index >= 15 is 0 Å². The Hall–Kier alpha value is -3.25. The summed E-state index contributed by atoms with van der Waals surface area (Å²) in [5, 5.41) is 5.67. The monoisotopic (exact) mass is 383 g/mol. The molecular weight excluding hydrogens is 369 g/mol. The summed E-state index contributed by atoms with van der Waals surface area (Å²) in [4.78, 5) is 27.9. The number of carbonyl (C=O) groups is 2. The highest BCUT2D eigenvalue weighted by Gasteiger charge is 2.10. The zero-order valence-electron chi connectivity index (χ0n) is 14.3. The third-order valence-electron chi connectivity index (χ3n) is 3.74. The third kappa shape index (κ3) is 4.68. The number of halogens is 2. The highest BCUT2D eigenvalue weighted by Crippen LogP contribution is 2.21. The van der Waals surface area contributed by atoms with Crippen molar-refractivity contribution >= 4 is 40.4 Å². The summed E-state index contributed by atoms with van der Waals surface area (Å²) in [7, 11) is 0. The fraction of sp³-hybridized carbons (Fsp3) is 0.0500. The van der Waals surface area contributed by atoms with Crippen LogP contribution in [0.1, 0.15) is 27.6 Å². The Bertz CT molecular complexity index is 1020. The summed E-state index contributed by atoms with van der Waals surface area (Å²) in [5.41, 5.74) is 2.55. The molecule has 0 fully saturated rings. The highest BCUT2D eigenvalue weighted by atomic mass is 35.5. The van der Waals surface area contributed by atoms with E-state index in [-0.39, 0.29) is 10.8 Å². The maximum atomic E-state index is 13.2. The average molecular weight is 384 g/mol. The van der Waals surface area contributed by atoms with Crippen LogP contribution in [0.3, 0.4) is 0 Å². The van der Waals surface area contributed by atoms with Crippen LogP contribution in [0.25, 0.3) is 0 Å². The second-order valence-corrected chi connectivity index (χ2v) is 6.21. The van der Waals surface area contributed by atoms with Gasteiger partial charge in [-0.3, -0.25) is 14.6 Å². The molecule has 0 saturated heterocycles. The fourth-order valence-corrected chi connectivity index (χ4v) is 2.57. The molecule has 0 bridgehead atoms. The molecule has 3 rings (SSSR count). The van der Waals surface area contributed by atoms with Gasteiger partial charge in [-0.25, -0.2) is 4.39 Å². The van der Waals surface area contributed by atoms with E-state index in [9.17, 15) is 14.0 Å². The zero-order valence-corrected chi connectivity index (χ0v) is 15.0. The van der Waals surface area contributed by atoms with Gasteiger partial charge in [-0.1, -0.05) is 23.7 Å². The number of rotatable bonds is 5. The number of aromatic nitrogens is 1. The van der Waals surface area contributed by atoms with Crippen molar-refractivity contribution in [2.24, 2.45) is 0 Å². The number of ketones is 1. The first-order valence-corrected chi connectivity index (χ1v) is 8.39. The van der Waals surface area contributed by atoms with Gasteiger partial charge in [0.2, 0.25) is 0 Å². The van der Waals surface area contributed by atoms with Gasteiger partial charge < -0.3 is 10.6 Å². The van der Waals surface area contributed by atoms with Crippen molar-refractivity contribution in [2.45, 2.75) is 6.92 Å². The molecule has 2 aromatic carbocycles. The summed E-state index contributed by atoms with van der Waals surface area (Å²) in [6.07, 6.45) is 2.98. The number of pyridine rings is 1. The van der Waals surface area contributed by atoms with Crippen LogP contribution in [-0.4, -0.2) is 16.7 Å². The molecule has 0 aliphatic rings. The second-order valence-electron chi connectivity index (χ2n) is 5.81. The Balaban J connectivity index is 1.76. The van der Waals surface area contributed by atoms with Crippen LogP contribution in [-0.2, 0) is 0 Å². The van der Waals surface area contributed by atoms with Crippen molar-refractivity contribution in [3.63, 3.8) is 0 Å². The van der Waals surface area contributed by atoms with Gasteiger partial charge in [0.15, 0.2) is 5.78 Å². The van der Waals surface area contributed by atoms with Crippen molar-refractivity contribution in [3.05, 3.63) is 82.9 Å². The van der Waals surface area contributed by atoms with E-state index in [4.69, 9.17) is 11.6 Å². The Kier molecular flexibility index (Phi) is 5.47. The van der Waals surface area contributed by atoms with E-state index in [2.05, 4.69) is 15.6 Å². The zero-order chi connectivity index (χ0) is 19.4. The molecule has 0 radical (unpaired) electrons. The molecule has 5 nitrogen and oxygen atoms in total. The van der Waals surface area contributed by atoms with Crippen LogP contribution < -0.4 is 10.6 Å². The van der Waals surface area contributed by atoms with Gasteiger partial charge in [-0.2, -0.15) is 0 Å². The maximum absolute atomic E-state index is 13.2. The Morgan fingerprint density at radius 2 is 1.74 bits per heavy atom. The lowest BCUT2D eigenvalue weighted by Gasteiger charge is -2.10. The highest BCUT2D eigenvalue weighted by molar-refractivity contribution is 6.31. The van der Waals surface area contributed by atoms with Gasteiger partial charge in [0.05, 0.1) is 22.5 Å². The molecule has 2 N–H and O–H groups in total. The molecule has 0 saturated carbocycles. The molecule has 0 spiro atoms.